The van der Waals surface area contributed by atoms with Crippen LogP contribution in [0.15, 0.2) is 0 Å². The summed E-state index contributed by atoms with van der Waals surface area (Å²) < 4.78 is 10.5. The summed E-state index contributed by atoms with van der Waals surface area (Å²) in [6.07, 6.45) is 0.663. The molecule has 0 aromatic heterocycles. The van der Waals surface area contributed by atoms with Crippen molar-refractivity contribution in [1.29, 1.82) is 0 Å². The molecule has 4 heteroatoms. The minimum absolute atomic E-state index is 0.150. The summed E-state index contributed by atoms with van der Waals surface area (Å²) in [6.45, 7) is 3.68. The van der Waals surface area contributed by atoms with Gasteiger partial charge in [0.05, 0.1) is 6.10 Å². The van der Waals surface area contributed by atoms with E-state index in [1.807, 2.05) is 6.92 Å². The monoisotopic (exact) mass is 170 g/mol. The molecular formula is C8H15BO3. The highest BCUT2D eigenvalue weighted by molar-refractivity contribution is 6.10. The van der Waals surface area contributed by atoms with E-state index < -0.39 is 18.4 Å². The Balaban J connectivity index is 2.38. The summed E-state index contributed by atoms with van der Waals surface area (Å²) in [4.78, 5) is 0. The molecule has 3 nitrogen and oxygen atoms in total. The van der Waals surface area contributed by atoms with Gasteiger partial charge in [0.2, 0.25) is 0 Å². The van der Waals surface area contributed by atoms with Crippen LogP contribution in [0, 0.1) is 0 Å². The molecule has 0 bridgehead atoms. The van der Waals surface area contributed by atoms with Gasteiger partial charge in [-0.1, -0.05) is 0 Å². The Labute approximate surface area is 74.5 Å². The van der Waals surface area contributed by atoms with Crippen LogP contribution >= 0.6 is 0 Å². The molecule has 0 saturated carbocycles. The second-order valence-electron chi connectivity index (χ2n) is 3.30. The highest BCUT2D eigenvalue weighted by Gasteiger charge is 2.28. The summed E-state index contributed by atoms with van der Waals surface area (Å²) >= 11 is 0. The molecule has 4 atom stereocenters. The van der Waals surface area contributed by atoms with Crippen molar-refractivity contribution in [3.05, 3.63) is 0 Å². The summed E-state index contributed by atoms with van der Waals surface area (Å²) in [6, 6.07) is -0.394. The van der Waals surface area contributed by atoms with Gasteiger partial charge in [-0.25, -0.2) is 0 Å². The van der Waals surface area contributed by atoms with E-state index in [2.05, 4.69) is 0 Å². The fourth-order valence-corrected chi connectivity index (χ4v) is 1.26. The molecule has 2 radical (unpaired) electrons. The van der Waals surface area contributed by atoms with Gasteiger partial charge in [0.15, 0.2) is 6.29 Å². The first-order chi connectivity index (χ1) is 5.59. The molecule has 1 rings (SSSR count). The van der Waals surface area contributed by atoms with Gasteiger partial charge in [-0.2, -0.15) is 0 Å². The van der Waals surface area contributed by atoms with Crippen molar-refractivity contribution in [3.63, 3.8) is 0 Å². The van der Waals surface area contributed by atoms with E-state index in [-0.39, 0.29) is 6.10 Å². The maximum atomic E-state index is 9.43. The second-order valence-corrected chi connectivity index (χ2v) is 3.30. The Bertz CT molecular complexity index is 138. The van der Waals surface area contributed by atoms with Crippen molar-refractivity contribution < 1.29 is 14.6 Å². The quantitative estimate of drug-likeness (QED) is 0.609. The second kappa shape index (κ2) is 4.26. The van der Waals surface area contributed by atoms with E-state index in [4.69, 9.17) is 17.3 Å². The zero-order valence-electron chi connectivity index (χ0n) is 7.56. The van der Waals surface area contributed by atoms with Crippen LogP contribution in [0.25, 0.3) is 0 Å². The summed E-state index contributed by atoms with van der Waals surface area (Å²) in [7, 11) is 5.42. The highest BCUT2D eigenvalue weighted by atomic mass is 16.7. The molecule has 0 amide bonds. The van der Waals surface area contributed by atoms with Gasteiger partial charge in [0.1, 0.15) is 14.0 Å². The number of aliphatic hydroxyl groups excluding tert-OH is 1. The van der Waals surface area contributed by atoms with Crippen molar-refractivity contribution in [2.75, 3.05) is 0 Å². The molecule has 0 aliphatic carbocycles. The Morgan fingerprint density at radius 3 is 2.83 bits per heavy atom. The summed E-state index contributed by atoms with van der Waals surface area (Å²) in [5.74, 6) is 0. The normalized spacial score (nSPS) is 39.4. The van der Waals surface area contributed by atoms with Gasteiger partial charge < -0.3 is 14.6 Å². The van der Waals surface area contributed by atoms with Crippen molar-refractivity contribution in [2.45, 2.75) is 51.2 Å². The SMILES string of the molecule is [B]C(C)OC1O[C@@H](C)CCC1O. The van der Waals surface area contributed by atoms with Crippen LogP contribution in [0.3, 0.4) is 0 Å². The van der Waals surface area contributed by atoms with Crippen molar-refractivity contribution in [3.8, 4) is 0 Å². The minimum atomic E-state index is -0.547. The maximum Gasteiger partial charge on any atom is 0.183 e. The Morgan fingerprint density at radius 1 is 1.58 bits per heavy atom. The van der Waals surface area contributed by atoms with Crippen LogP contribution in [0.1, 0.15) is 26.7 Å². The van der Waals surface area contributed by atoms with Crippen LogP contribution in [-0.2, 0) is 9.47 Å². The first kappa shape index (κ1) is 10.0. The topological polar surface area (TPSA) is 38.7 Å². The molecule has 1 aliphatic rings. The van der Waals surface area contributed by atoms with Gasteiger partial charge >= 0.3 is 0 Å². The fourth-order valence-electron chi connectivity index (χ4n) is 1.26. The third kappa shape index (κ3) is 2.77. The van der Waals surface area contributed by atoms with E-state index in [9.17, 15) is 5.11 Å². The lowest BCUT2D eigenvalue weighted by Crippen LogP contribution is -2.41. The Hall–Kier alpha value is -0.0551. The lowest BCUT2D eigenvalue weighted by atomic mass is 10.0. The van der Waals surface area contributed by atoms with Gasteiger partial charge in [0.25, 0.3) is 0 Å². The molecule has 1 fully saturated rings. The van der Waals surface area contributed by atoms with Gasteiger partial charge in [-0.05, 0) is 26.7 Å². The van der Waals surface area contributed by atoms with E-state index >= 15 is 0 Å². The Kier molecular flexibility index (Phi) is 3.56. The van der Waals surface area contributed by atoms with Crippen molar-refractivity contribution in [1.82, 2.24) is 0 Å². The molecule has 3 unspecified atom stereocenters. The maximum absolute atomic E-state index is 9.43. The smallest absolute Gasteiger partial charge is 0.183 e. The van der Waals surface area contributed by atoms with Crippen LogP contribution in [0.5, 0.6) is 0 Å². The third-order valence-corrected chi connectivity index (χ3v) is 1.90. The molecule has 0 aromatic rings. The van der Waals surface area contributed by atoms with E-state index in [0.29, 0.717) is 0 Å². The fraction of sp³-hybridized carbons (Fsp3) is 1.00. The van der Waals surface area contributed by atoms with Gasteiger partial charge in [-0.3, -0.25) is 0 Å². The Morgan fingerprint density at radius 2 is 2.25 bits per heavy atom. The van der Waals surface area contributed by atoms with Crippen molar-refractivity contribution >= 4 is 7.85 Å². The van der Waals surface area contributed by atoms with Crippen molar-refractivity contribution in [2.24, 2.45) is 0 Å². The molecule has 1 N–H and O–H groups in total. The van der Waals surface area contributed by atoms with Crippen LogP contribution in [-0.4, -0.2) is 37.5 Å². The highest BCUT2D eigenvalue weighted by Crippen LogP contribution is 2.20. The molecule has 1 aliphatic heterocycles. The zero-order chi connectivity index (χ0) is 9.14. The molecule has 12 heavy (non-hydrogen) atoms. The average molecular weight is 170 g/mol. The first-order valence-corrected chi connectivity index (χ1v) is 4.34. The van der Waals surface area contributed by atoms with E-state index in [1.165, 1.54) is 0 Å². The van der Waals surface area contributed by atoms with Crippen LogP contribution in [0.4, 0.5) is 0 Å². The standard InChI is InChI=1S/C8H15BO3/c1-5-3-4-7(10)8(11-5)12-6(2)9/h5-8,10H,3-4H2,1-2H3/t5-,6?,7?,8?/m0/s1. The number of hydrogen-bond donors (Lipinski definition) is 1. The molecule has 1 heterocycles. The number of hydrogen-bond acceptors (Lipinski definition) is 3. The number of aliphatic hydroxyl groups is 1. The van der Waals surface area contributed by atoms with Gasteiger partial charge in [-0.15, -0.1) is 0 Å². The molecular weight excluding hydrogens is 155 g/mol. The third-order valence-electron chi connectivity index (χ3n) is 1.90. The van der Waals surface area contributed by atoms with Crippen LogP contribution < -0.4 is 0 Å². The van der Waals surface area contributed by atoms with Gasteiger partial charge in [0, 0.05) is 6.00 Å². The zero-order valence-corrected chi connectivity index (χ0v) is 7.56. The lowest BCUT2D eigenvalue weighted by Gasteiger charge is -2.33. The molecule has 68 valence electrons. The molecule has 0 spiro atoms. The van der Waals surface area contributed by atoms with Crippen LogP contribution in [0.2, 0.25) is 0 Å². The number of ether oxygens (including phenoxy) is 2. The predicted molar refractivity (Wildman–Crippen MR) is 45.9 cm³/mol. The predicted octanol–water partition coefficient (Wildman–Crippen LogP) is 0.403. The summed E-state index contributed by atoms with van der Waals surface area (Å²) in [5, 5.41) is 9.43. The minimum Gasteiger partial charge on any atom is -0.388 e. The average Bonchev–Trinajstić information content (AvgIpc) is 1.96. The molecule has 0 aromatic carbocycles. The van der Waals surface area contributed by atoms with E-state index in [0.717, 1.165) is 12.8 Å². The number of rotatable bonds is 2. The van der Waals surface area contributed by atoms with E-state index in [1.54, 1.807) is 6.92 Å². The largest absolute Gasteiger partial charge is 0.388 e. The molecule has 1 saturated heterocycles. The first-order valence-electron chi connectivity index (χ1n) is 4.34. The lowest BCUT2D eigenvalue weighted by molar-refractivity contribution is -0.240. The summed E-state index contributed by atoms with van der Waals surface area (Å²) in [5.41, 5.74) is 0.